The van der Waals surface area contributed by atoms with E-state index in [9.17, 15) is 0 Å². The molecule has 0 bridgehead atoms. The predicted molar refractivity (Wildman–Crippen MR) is 77.6 cm³/mol. The van der Waals surface area contributed by atoms with Gasteiger partial charge in [-0.3, -0.25) is 4.98 Å². The first-order chi connectivity index (χ1) is 9.13. The average Bonchev–Trinajstić information content (AvgIpc) is 2.73. The standard InChI is InChI=1S/C15H14ClN3/c1-10-5-14-15(6-11(10)2)19(9-18-14)8-13-7-12(16)3-4-17-13/h3-7,9H,8H2,1-2H3. The largest absolute Gasteiger partial charge is 0.324 e. The summed E-state index contributed by atoms with van der Waals surface area (Å²) in [7, 11) is 0. The van der Waals surface area contributed by atoms with E-state index in [-0.39, 0.29) is 0 Å². The van der Waals surface area contributed by atoms with Gasteiger partial charge in [-0.25, -0.2) is 4.98 Å². The highest BCUT2D eigenvalue weighted by Gasteiger charge is 2.06. The number of aryl methyl sites for hydroxylation is 2. The molecule has 19 heavy (non-hydrogen) atoms. The van der Waals surface area contributed by atoms with Crippen molar-refractivity contribution < 1.29 is 0 Å². The Morgan fingerprint density at radius 2 is 1.89 bits per heavy atom. The van der Waals surface area contributed by atoms with Crippen molar-refractivity contribution in [3.8, 4) is 0 Å². The van der Waals surface area contributed by atoms with Crippen LogP contribution in [0.4, 0.5) is 0 Å². The third-order valence-corrected chi connectivity index (χ3v) is 3.58. The molecule has 0 saturated heterocycles. The van der Waals surface area contributed by atoms with Crippen LogP contribution >= 0.6 is 11.6 Å². The molecule has 0 fully saturated rings. The molecule has 0 aliphatic rings. The van der Waals surface area contributed by atoms with E-state index in [1.165, 1.54) is 11.1 Å². The number of hydrogen-bond donors (Lipinski definition) is 0. The van der Waals surface area contributed by atoms with Crippen LogP contribution in [0, 0.1) is 13.8 Å². The van der Waals surface area contributed by atoms with Crippen molar-refractivity contribution in [2.45, 2.75) is 20.4 Å². The van der Waals surface area contributed by atoms with Crippen LogP contribution in [-0.4, -0.2) is 14.5 Å². The summed E-state index contributed by atoms with van der Waals surface area (Å²) in [6.45, 7) is 4.90. The van der Waals surface area contributed by atoms with Gasteiger partial charge in [-0.05, 0) is 49.2 Å². The Bertz CT molecular complexity index is 746. The van der Waals surface area contributed by atoms with E-state index in [0.29, 0.717) is 11.6 Å². The number of rotatable bonds is 2. The summed E-state index contributed by atoms with van der Waals surface area (Å²) >= 11 is 5.98. The van der Waals surface area contributed by atoms with Gasteiger partial charge in [-0.1, -0.05) is 11.6 Å². The molecule has 0 radical (unpaired) electrons. The molecular formula is C15H14ClN3. The SMILES string of the molecule is Cc1cc2ncn(Cc3cc(Cl)ccn3)c2cc1C. The third-order valence-electron chi connectivity index (χ3n) is 3.35. The molecule has 2 heterocycles. The van der Waals surface area contributed by atoms with Crippen LogP contribution in [0.25, 0.3) is 11.0 Å². The Balaban J connectivity index is 2.04. The number of fused-ring (bicyclic) bond motifs is 1. The zero-order chi connectivity index (χ0) is 13.4. The Labute approximate surface area is 116 Å². The second kappa shape index (κ2) is 4.67. The minimum Gasteiger partial charge on any atom is -0.324 e. The molecule has 0 saturated carbocycles. The van der Waals surface area contributed by atoms with Crippen LogP contribution in [0.2, 0.25) is 5.02 Å². The van der Waals surface area contributed by atoms with Crippen molar-refractivity contribution >= 4 is 22.6 Å². The first kappa shape index (κ1) is 12.2. The van der Waals surface area contributed by atoms with E-state index < -0.39 is 0 Å². The van der Waals surface area contributed by atoms with Crippen LogP contribution < -0.4 is 0 Å². The fraction of sp³-hybridized carbons (Fsp3) is 0.200. The quantitative estimate of drug-likeness (QED) is 0.711. The fourth-order valence-electron chi connectivity index (χ4n) is 2.15. The lowest BCUT2D eigenvalue weighted by molar-refractivity contribution is 0.797. The highest BCUT2D eigenvalue weighted by atomic mass is 35.5. The monoisotopic (exact) mass is 271 g/mol. The topological polar surface area (TPSA) is 30.7 Å². The van der Waals surface area contributed by atoms with Gasteiger partial charge in [0.25, 0.3) is 0 Å². The lowest BCUT2D eigenvalue weighted by atomic mass is 10.1. The van der Waals surface area contributed by atoms with E-state index in [0.717, 1.165) is 16.7 Å². The predicted octanol–water partition coefficient (Wildman–Crippen LogP) is 3.75. The van der Waals surface area contributed by atoms with Crippen LogP contribution in [-0.2, 0) is 6.54 Å². The van der Waals surface area contributed by atoms with Crippen LogP contribution in [0.15, 0.2) is 36.8 Å². The molecule has 0 N–H and O–H groups in total. The first-order valence-corrected chi connectivity index (χ1v) is 6.54. The average molecular weight is 272 g/mol. The van der Waals surface area contributed by atoms with E-state index >= 15 is 0 Å². The van der Waals surface area contributed by atoms with E-state index in [1.54, 1.807) is 12.3 Å². The second-order valence-electron chi connectivity index (χ2n) is 4.76. The molecule has 1 aromatic carbocycles. The van der Waals surface area contributed by atoms with E-state index in [4.69, 9.17) is 11.6 Å². The summed E-state index contributed by atoms with van der Waals surface area (Å²) in [5, 5.41) is 0.710. The minimum absolute atomic E-state index is 0.680. The van der Waals surface area contributed by atoms with E-state index in [2.05, 4.69) is 40.5 Å². The molecule has 4 heteroatoms. The number of hydrogen-bond acceptors (Lipinski definition) is 2. The van der Waals surface area contributed by atoms with Gasteiger partial charge < -0.3 is 4.57 Å². The summed E-state index contributed by atoms with van der Waals surface area (Å²) < 4.78 is 2.10. The molecule has 0 amide bonds. The summed E-state index contributed by atoms with van der Waals surface area (Å²) in [5.41, 5.74) is 5.62. The molecule has 0 atom stereocenters. The maximum absolute atomic E-state index is 5.98. The molecule has 0 aliphatic carbocycles. The lowest BCUT2D eigenvalue weighted by Crippen LogP contribution is -2.00. The van der Waals surface area contributed by atoms with Crippen molar-refractivity contribution in [1.82, 2.24) is 14.5 Å². The summed E-state index contributed by atoms with van der Waals surface area (Å²) in [6.07, 6.45) is 3.58. The van der Waals surface area contributed by atoms with Gasteiger partial charge >= 0.3 is 0 Å². The summed E-state index contributed by atoms with van der Waals surface area (Å²) in [5.74, 6) is 0. The zero-order valence-corrected chi connectivity index (χ0v) is 11.6. The van der Waals surface area contributed by atoms with Gasteiger partial charge in [-0.2, -0.15) is 0 Å². The fourth-order valence-corrected chi connectivity index (χ4v) is 2.33. The molecule has 3 rings (SSSR count). The Morgan fingerprint density at radius 3 is 2.68 bits per heavy atom. The number of pyridine rings is 1. The second-order valence-corrected chi connectivity index (χ2v) is 5.20. The lowest BCUT2D eigenvalue weighted by Gasteiger charge is -2.06. The molecule has 3 aromatic rings. The molecule has 0 unspecified atom stereocenters. The van der Waals surface area contributed by atoms with Gasteiger partial charge in [0.15, 0.2) is 0 Å². The van der Waals surface area contributed by atoms with Crippen LogP contribution in [0.5, 0.6) is 0 Å². The van der Waals surface area contributed by atoms with Gasteiger partial charge in [0.2, 0.25) is 0 Å². The van der Waals surface area contributed by atoms with Crippen molar-refractivity contribution in [3.63, 3.8) is 0 Å². The minimum atomic E-state index is 0.680. The van der Waals surface area contributed by atoms with Crippen LogP contribution in [0.1, 0.15) is 16.8 Å². The van der Waals surface area contributed by atoms with Gasteiger partial charge in [0.05, 0.1) is 29.6 Å². The van der Waals surface area contributed by atoms with Gasteiger partial charge in [-0.15, -0.1) is 0 Å². The third kappa shape index (κ3) is 2.34. The van der Waals surface area contributed by atoms with Crippen LogP contribution in [0.3, 0.4) is 0 Å². The Kier molecular flexibility index (Phi) is 2.99. The zero-order valence-electron chi connectivity index (χ0n) is 10.9. The molecule has 2 aromatic heterocycles. The number of aromatic nitrogens is 3. The first-order valence-electron chi connectivity index (χ1n) is 6.16. The maximum Gasteiger partial charge on any atom is 0.0962 e. The summed E-state index contributed by atoms with van der Waals surface area (Å²) in [6, 6.07) is 7.95. The number of imidazole rings is 1. The van der Waals surface area contributed by atoms with Gasteiger partial charge in [0, 0.05) is 11.2 Å². The van der Waals surface area contributed by atoms with Crippen molar-refractivity contribution in [2.24, 2.45) is 0 Å². The molecule has 3 nitrogen and oxygen atoms in total. The maximum atomic E-state index is 5.98. The molecule has 0 aliphatic heterocycles. The highest BCUT2D eigenvalue weighted by molar-refractivity contribution is 6.30. The molecular weight excluding hydrogens is 258 g/mol. The molecule has 0 spiro atoms. The normalized spacial score (nSPS) is 11.1. The Hall–Kier alpha value is -1.87. The van der Waals surface area contributed by atoms with Crippen molar-refractivity contribution in [3.05, 3.63) is 58.6 Å². The smallest absolute Gasteiger partial charge is 0.0962 e. The highest BCUT2D eigenvalue weighted by Crippen LogP contribution is 2.19. The number of benzene rings is 1. The van der Waals surface area contributed by atoms with E-state index in [1.807, 2.05) is 12.4 Å². The number of nitrogens with zero attached hydrogens (tertiary/aromatic N) is 3. The van der Waals surface area contributed by atoms with Crippen molar-refractivity contribution in [2.75, 3.05) is 0 Å². The van der Waals surface area contributed by atoms with Crippen molar-refractivity contribution in [1.29, 1.82) is 0 Å². The molecule has 96 valence electrons. The van der Waals surface area contributed by atoms with Gasteiger partial charge in [0.1, 0.15) is 0 Å². The number of halogens is 1. The summed E-state index contributed by atoms with van der Waals surface area (Å²) in [4.78, 5) is 8.77. The Morgan fingerprint density at radius 1 is 1.11 bits per heavy atom.